The van der Waals surface area contributed by atoms with Crippen LogP contribution in [0, 0.1) is 0 Å². The van der Waals surface area contributed by atoms with Gasteiger partial charge in [0.1, 0.15) is 0 Å². The SMILES string of the molecule is CC(C)c1cc(C(C)(C)C)cc(C(C)C)c1-c1ccncc1.CC(C)c1cc(C(C)(C)C)cc(C(C)C)c1Br.OB(O)c1ccncc1. The number of nitrogens with zero attached hydrogens (tertiary/aromatic N) is 2. The highest BCUT2D eigenvalue weighted by atomic mass is 79.9. The van der Waals surface area contributed by atoms with E-state index in [2.05, 4.69) is 159 Å². The summed E-state index contributed by atoms with van der Waals surface area (Å²) in [4.78, 5) is 7.88. The number of hydrogen-bond donors (Lipinski definition) is 2. The fourth-order valence-electron chi connectivity index (χ4n) is 5.36. The molecule has 2 aromatic heterocycles. The number of aromatic nitrogens is 2. The summed E-state index contributed by atoms with van der Waals surface area (Å²) in [5.74, 6) is 2.12. The Morgan fingerprint density at radius 3 is 1.12 bits per heavy atom. The predicted molar refractivity (Wildman–Crippen MR) is 212 cm³/mol. The summed E-state index contributed by atoms with van der Waals surface area (Å²) in [5.41, 5.74) is 12.2. The second-order valence-corrected chi connectivity index (χ2v) is 16.8. The van der Waals surface area contributed by atoms with E-state index in [0.717, 1.165) is 0 Å². The molecule has 0 saturated carbocycles. The monoisotopic (exact) mass is 714 g/mol. The third-order valence-corrected chi connectivity index (χ3v) is 9.44. The third kappa shape index (κ3) is 11.7. The fourth-order valence-corrected chi connectivity index (χ4v) is 6.51. The number of benzene rings is 2. The molecule has 0 aliphatic rings. The lowest BCUT2D eigenvalue weighted by Gasteiger charge is -2.27. The Morgan fingerprint density at radius 2 is 0.854 bits per heavy atom. The molecule has 4 rings (SSSR count). The van der Waals surface area contributed by atoms with Gasteiger partial charge in [-0.15, -0.1) is 0 Å². The summed E-state index contributed by atoms with van der Waals surface area (Å²) in [6.07, 6.45) is 6.80. The van der Waals surface area contributed by atoms with Crippen LogP contribution in [0.15, 0.2) is 77.8 Å². The first kappa shape index (κ1) is 41.4. The van der Waals surface area contributed by atoms with Crippen molar-refractivity contribution in [2.75, 3.05) is 0 Å². The summed E-state index contributed by atoms with van der Waals surface area (Å²) in [6.45, 7) is 31.9. The first-order chi connectivity index (χ1) is 22.2. The molecule has 6 heteroatoms. The highest BCUT2D eigenvalue weighted by molar-refractivity contribution is 9.10. The maximum atomic E-state index is 8.55. The van der Waals surface area contributed by atoms with Crippen LogP contribution in [0.1, 0.15) is 154 Å². The molecule has 0 aliphatic heterocycles. The van der Waals surface area contributed by atoms with E-state index in [9.17, 15) is 0 Å². The Balaban J connectivity index is 0.000000272. The number of pyridine rings is 2. The topological polar surface area (TPSA) is 66.2 Å². The van der Waals surface area contributed by atoms with Crippen LogP contribution in [-0.2, 0) is 10.8 Å². The average molecular weight is 716 g/mol. The summed E-state index contributed by atoms with van der Waals surface area (Å²) in [7, 11) is -1.38. The lowest BCUT2D eigenvalue weighted by molar-refractivity contribution is 0.425. The predicted octanol–water partition coefficient (Wildman–Crippen LogP) is 11.0. The average Bonchev–Trinajstić information content (AvgIpc) is 3.00. The van der Waals surface area contributed by atoms with Crippen LogP contribution in [0.2, 0.25) is 0 Å². The van der Waals surface area contributed by atoms with Gasteiger partial charge in [0.15, 0.2) is 0 Å². The smallest absolute Gasteiger partial charge is 0.423 e. The Hall–Kier alpha value is -2.80. The maximum absolute atomic E-state index is 8.55. The number of hydrogen-bond acceptors (Lipinski definition) is 4. The zero-order valence-electron chi connectivity index (χ0n) is 32.0. The standard InChI is InChI=1S/C21H29N.C16H25Br.C5H6BNO2/c1-14(2)18-12-17(21(5,6)7)13-19(15(3)4)20(18)16-8-10-22-11-9-16;1-10(2)13-8-12(16(5,6)7)9-14(11(3)4)15(13)17;8-6(9)5-1-3-7-4-2-5/h8-15H,1-7H3;8-11H,1-7H3;1-4,8-9H. The van der Waals surface area contributed by atoms with Crippen molar-refractivity contribution < 1.29 is 10.0 Å². The van der Waals surface area contributed by atoms with Crippen LogP contribution in [0.5, 0.6) is 0 Å². The minimum absolute atomic E-state index is 0.171. The van der Waals surface area contributed by atoms with E-state index in [-0.39, 0.29) is 10.8 Å². The van der Waals surface area contributed by atoms with E-state index in [1.54, 1.807) is 12.1 Å². The molecule has 2 N–H and O–H groups in total. The molecule has 2 heterocycles. The molecule has 260 valence electrons. The molecule has 0 atom stereocenters. The van der Waals surface area contributed by atoms with Crippen molar-refractivity contribution in [1.29, 1.82) is 0 Å². The molecule has 0 amide bonds. The summed E-state index contributed by atoms with van der Waals surface area (Å²) >= 11 is 3.78. The van der Waals surface area contributed by atoms with Gasteiger partial charge in [0.2, 0.25) is 0 Å². The fraction of sp³-hybridized carbons (Fsp3) is 0.476. The zero-order chi connectivity index (χ0) is 36.6. The molecule has 0 unspecified atom stereocenters. The lowest BCUT2D eigenvalue weighted by Crippen LogP contribution is -2.29. The number of halogens is 1. The molecule has 0 bridgehead atoms. The Bertz CT molecular complexity index is 1510. The van der Waals surface area contributed by atoms with E-state index in [4.69, 9.17) is 10.0 Å². The second kappa shape index (κ2) is 17.7. The molecule has 0 saturated heterocycles. The van der Waals surface area contributed by atoms with Crippen LogP contribution in [-0.4, -0.2) is 27.1 Å². The Labute approximate surface area is 301 Å². The minimum atomic E-state index is -1.38. The van der Waals surface area contributed by atoms with Gasteiger partial charge in [-0.1, -0.05) is 137 Å². The van der Waals surface area contributed by atoms with Gasteiger partial charge in [-0.2, -0.15) is 0 Å². The molecular weight excluding hydrogens is 655 g/mol. The van der Waals surface area contributed by atoms with Crippen LogP contribution in [0.3, 0.4) is 0 Å². The number of rotatable bonds is 6. The summed E-state index contributed by atoms with van der Waals surface area (Å²) < 4.78 is 1.30. The largest absolute Gasteiger partial charge is 0.488 e. The van der Waals surface area contributed by atoms with E-state index >= 15 is 0 Å². The van der Waals surface area contributed by atoms with Gasteiger partial charge in [-0.3, -0.25) is 9.97 Å². The highest BCUT2D eigenvalue weighted by Crippen LogP contribution is 2.40. The molecule has 4 aromatic rings. The van der Waals surface area contributed by atoms with E-state index in [0.29, 0.717) is 29.1 Å². The minimum Gasteiger partial charge on any atom is -0.423 e. The lowest BCUT2D eigenvalue weighted by atomic mass is 9.78. The van der Waals surface area contributed by atoms with Crippen molar-refractivity contribution in [2.24, 2.45) is 0 Å². The Morgan fingerprint density at radius 1 is 0.542 bits per heavy atom. The van der Waals surface area contributed by atoms with Gasteiger partial charge >= 0.3 is 7.12 Å². The van der Waals surface area contributed by atoms with Gasteiger partial charge in [0, 0.05) is 29.3 Å². The van der Waals surface area contributed by atoms with Gasteiger partial charge in [-0.25, -0.2) is 0 Å². The molecule has 2 aromatic carbocycles. The van der Waals surface area contributed by atoms with Crippen molar-refractivity contribution in [3.63, 3.8) is 0 Å². The third-order valence-electron chi connectivity index (χ3n) is 8.52. The van der Waals surface area contributed by atoms with Crippen molar-refractivity contribution in [2.45, 2.75) is 131 Å². The van der Waals surface area contributed by atoms with Crippen molar-refractivity contribution in [3.05, 3.63) is 111 Å². The second-order valence-electron chi connectivity index (χ2n) is 16.0. The molecule has 0 fully saturated rings. The molecule has 0 radical (unpaired) electrons. The van der Waals surface area contributed by atoms with Crippen molar-refractivity contribution in [1.82, 2.24) is 9.97 Å². The first-order valence-corrected chi connectivity index (χ1v) is 18.1. The zero-order valence-corrected chi connectivity index (χ0v) is 33.6. The van der Waals surface area contributed by atoms with Crippen LogP contribution >= 0.6 is 15.9 Å². The molecule has 0 spiro atoms. The van der Waals surface area contributed by atoms with E-state index in [1.165, 1.54) is 61.4 Å². The van der Waals surface area contributed by atoms with E-state index in [1.807, 2.05) is 12.4 Å². The Kier molecular flexibility index (Phi) is 15.3. The van der Waals surface area contributed by atoms with Crippen molar-refractivity contribution in [3.8, 4) is 11.1 Å². The van der Waals surface area contributed by atoms with Crippen LogP contribution in [0.4, 0.5) is 0 Å². The van der Waals surface area contributed by atoms with Gasteiger partial charge in [-0.05, 0) is 109 Å². The highest BCUT2D eigenvalue weighted by Gasteiger charge is 2.23. The maximum Gasteiger partial charge on any atom is 0.488 e. The van der Waals surface area contributed by atoms with Gasteiger partial charge < -0.3 is 10.0 Å². The van der Waals surface area contributed by atoms with Crippen LogP contribution < -0.4 is 5.46 Å². The molecular formula is C42H60BBrN2O2. The van der Waals surface area contributed by atoms with E-state index < -0.39 is 7.12 Å². The van der Waals surface area contributed by atoms with Gasteiger partial charge in [0.25, 0.3) is 0 Å². The normalized spacial score (nSPS) is 11.8. The summed E-state index contributed by atoms with van der Waals surface area (Å²) in [6, 6.07) is 16.9. The first-order valence-electron chi connectivity index (χ1n) is 17.3. The summed E-state index contributed by atoms with van der Waals surface area (Å²) in [5, 5.41) is 17.1. The molecule has 48 heavy (non-hydrogen) atoms. The van der Waals surface area contributed by atoms with Gasteiger partial charge in [0.05, 0.1) is 0 Å². The quantitative estimate of drug-likeness (QED) is 0.195. The van der Waals surface area contributed by atoms with Crippen molar-refractivity contribution >= 4 is 28.5 Å². The van der Waals surface area contributed by atoms with Crippen LogP contribution in [0.25, 0.3) is 11.1 Å². The molecule has 0 aliphatic carbocycles. The molecule has 4 nitrogen and oxygen atoms in total.